The van der Waals surface area contributed by atoms with Gasteiger partial charge in [-0.25, -0.2) is 4.79 Å². The second-order valence-electron chi connectivity index (χ2n) is 4.94. The molecule has 1 rings (SSSR count). The Morgan fingerprint density at radius 2 is 2.06 bits per heavy atom. The predicted molar refractivity (Wildman–Crippen MR) is 74.4 cm³/mol. The molecule has 1 aromatic carbocycles. The van der Waals surface area contributed by atoms with E-state index in [0.717, 1.165) is 4.47 Å². The smallest absolute Gasteiger partial charge is 0.339 e. The SMILES string of the molecule is CN(C)C(C)(C)COc1ccc(Br)cc1C(=O)O. The molecule has 0 spiro atoms. The van der Waals surface area contributed by atoms with E-state index in [1.807, 2.05) is 32.8 Å². The third-order valence-corrected chi connectivity index (χ3v) is 3.46. The van der Waals surface area contributed by atoms with Crippen molar-refractivity contribution in [1.29, 1.82) is 0 Å². The largest absolute Gasteiger partial charge is 0.491 e. The number of likely N-dealkylation sites (N-methyl/N-ethyl adjacent to an activating group) is 1. The van der Waals surface area contributed by atoms with E-state index < -0.39 is 5.97 Å². The van der Waals surface area contributed by atoms with Gasteiger partial charge in [-0.3, -0.25) is 0 Å². The molecule has 1 N–H and O–H groups in total. The van der Waals surface area contributed by atoms with Crippen LogP contribution in [0, 0.1) is 0 Å². The lowest BCUT2D eigenvalue weighted by molar-refractivity contribution is 0.0684. The van der Waals surface area contributed by atoms with Crippen LogP contribution in [0.4, 0.5) is 0 Å². The van der Waals surface area contributed by atoms with Crippen LogP contribution in [0.5, 0.6) is 5.75 Å². The summed E-state index contributed by atoms with van der Waals surface area (Å²) in [6, 6.07) is 4.98. The molecule has 0 aliphatic heterocycles. The van der Waals surface area contributed by atoms with Gasteiger partial charge in [0.2, 0.25) is 0 Å². The Bertz CT molecular complexity index is 444. The third-order valence-electron chi connectivity index (χ3n) is 2.96. The lowest BCUT2D eigenvalue weighted by Crippen LogP contribution is -2.43. The molecule has 0 amide bonds. The highest BCUT2D eigenvalue weighted by Gasteiger charge is 2.22. The first-order valence-electron chi connectivity index (χ1n) is 5.57. The average molecular weight is 316 g/mol. The van der Waals surface area contributed by atoms with Gasteiger partial charge in [-0.1, -0.05) is 15.9 Å². The molecule has 0 aliphatic carbocycles. The molecule has 0 saturated heterocycles. The van der Waals surface area contributed by atoms with Crippen molar-refractivity contribution in [1.82, 2.24) is 4.90 Å². The number of hydrogen-bond acceptors (Lipinski definition) is 3. The number of hydrogen-bond donors (Lipinski definition) is 1. The molecule has 100 valence electrons. The van der Waals surface area contributed by atoms with Crippen LogP contribution < -0.4 is 4.74 Å². The summed E-state index contributed by atoms with van der Waals surface area (Å²) >= 11 is 3.25. The number of carboxylic acid groups (broad SMARTS) is 1. The molecule has 1 aromatic rings. The van der Waals surface area contributed by atoms with Gasteiger partial charge in [0, 0.05) is 10.0 Å². The van der Waals surface area contributed by atoms with E-state index in [9.17, 15) is 4.79 Å². The zero-order valence-corrected chi connectivity index (χ0v) is 12.6. The number of carbonyl (C=O) groups is 1. The summed E-state index contributed by atoms with van der Waals surface area (Å²) < 4.78 is 6.36. The molecular weight excluding hydrogens is 298 g/mol. The summed E-state index contributed by atoms with van der Waals surface area (Å²) in [4.78, 5) is 13.2. The minimum atomic E-state index is -0.992. The van der Waals surface area contributed by atoms with Crippen LogP contribution >= 0.6 is 15.9 Å². The van der Waals surface area contributed by atoms with Crippen molar-refractivity contribution in [3.63, 3.8) is 0 Å². The highest BCUT2D eigenvalue weighted by Crippen LogP contribution is 2.24. The molecule has 5 heteroatoms. The minimum absolute atomic E-state index is 0.164. The van der Waals surface area contributed by atoms with E-state index in [2.05, 4.69) is 15.9 Å². The summed E-state index contributed by atoms with van der Waals surface area (Å²) in [7, 11) is 3.92. The van der Waals surface area contributed by atoms with Crippen LogP contribution in [-0.4, -0.2) is 42.2 Å². The number of ether oxygens (including phenoxy) is 1. The quantitative estimate of drug-likeness (QED) is 0.907. The van der Waals surface area contributed by atoms with Gasteiger partial charge in [0.05, 0.1) is 0 Å². The normalized spacial score (nSPS) is 11.7. The maximum atomic E-state index is 11.1. The van der Waals surface area contributed by atoms with Crippen molar-refractivity contribution in [2.45, 2.75) is 19.4 Å². The van der Waals surface area contributed by atoms with Crippen LogP contribution in [0.15, 0.2) is 22.7 Å². The molecule has 0 radical (unpaired) electrons. The Hall–Kier alpha value is -1.07. The second-order valence-corrected chi connectivity index (χ2v) is 5.86. The van der Waals surface area contributed by atoms with E-state index in [-0.39, 0.29) is 11.1 Å². The van der Waals surface area contributed by atoms with E-state index in [1.54, 1.807) is 18.2 Å². The van der Waals surface area contributed by atoms with Crippen LogP contribution in [0.1, 0.15) is 24.2 Å². The van der Waals surface area contributed by atoms with Gasteiger partial charge < -0.3 is 14.7 Å². The fraction of sp³-hybridized carbons (Fsp3) is 0.462. The van der Waals surface area contributed by atoms with Crippen molar-refractivity contribution in [3.05, 3.63) is 28.2 Å². The van der Waals surface area contributed by atoms with Gasteiger partial charge >= 0.3 is 5.97 Å². The van der Waals surface area contributed by atoms with Gasteiger partial charge in [-0.05, 0) is 46.1 Å². The molecule has 0 saturated carbocycles. The first-order chi connectivity index (χ1) is 8.24. The Labute approximate surface area is 116 Å². The van der Waals surface area contributed by atoms with Crippen LogP contribution in [0.2, 0.25) is 0 Å². The summed E-state index contributed by atoms with van der Waals surface area (Å²) in [6.45, 7) is 4.49. The topological polar surface area (TPSA) is 49.8 Å². The number of benzene rings is 1. The van der Waals surface area contributed by atoms with E-state index in [4.69, 9.17) is 9.84 Å². The van der Waals surface area contributed by atoms with Gasteiger partial charge in [0.15, 0.2) is 0 Å². The van der Waals surface area contributed by atoms with Crippen molar-refractivity contribution in [3.8, 4) is 5.75 Å². The molecule has 0 fully saturated rings. The third kappa shape index (κ3) is 3.71. The highest BCUT2D eigenvalue weighted by atomic mass is 79.9. The Kier molecular flexibility index (Phi) is 4.76. The fourth-order valence-electron chi connectivity index (χ4n) is 1.18. The maximum Gasteiger partial charge on any atom is 0.339 e. The number of nitrogens with zero attached hydrogens (tertiary/aromatic N) is 1. The molecule has 4 nitrogen and oxygen atoms in total. The summed E-state index contributed by atoms with van der Waals surface area (Å²) in [5, 5.41) is 9.12. The van der Waals surface area contributed by atoms with Crippen LogP contribution in [0.25, 0.3) is 0 Å². The number of carboxylic acids is 1. The summed E-state index contributed by atoms with van der Waals surface area (Å²) in [5.41, 5.74) is 0.00183. The fourth-order valence-corrected chi connectivity index (χ4v) is 1.54. The minimum Gasteiger partial charge on any atom is -0.491 e. The number of halogens is 1. The first kappa shape index (κ1) is 15.0. The predicted octanol–water partition coefficient (Wildman–Crippen LogP) is 2.87. The van der Waals surface area contributed by atoms with Gasteiger partial charge in [0.1, 0.15) is 17.9 Å². The molecular formula is C13H18BrNO3. The lowest BCUT2D eigenvalue weighted by Gasteiger charge is -2.32. The monoisotopic (exact) mass is 315 g/mol. The second kappa shape index (κ2) is 5.71. The van der Waals surface area contributed by atoms with E-state index >= 15 is 0 Å². The zero-order chi connectivity index (χ0) is 13.9. The Morgan fingerprint density at radius 3 is 2.56 bits per heavy atom. The molecule has 0 aliphatic rings. The number of rotatable bonds is 5. The average Bonchev–Trinajstić information content (AvgIpc) is 2.27. The first-order valence-corrected chi connectivity index (χ1v) is 6.36. The zero-order valence-electron chi connectivity index (χ0n) is 11.0. The lowest BCUT2D eigenvalue weighted by atomic mass is 10.1. The maximum absolute atomic E-state index is 11.1. The molecule has 0 bridgehead atoms. The Balaban J connectivity index is 2.89. The van der Waals surface area contributed by atoms with Crippen molar-refractivity contribution in [2.24, 2.45) is 0 Å². The van der Waals surface area contributed by atoms with E-state index in [1.165, 1.54) is 0 Å². The number of aromatic carboxylic acids is 1. The Morgan fingerprint density at radius 1 is 1.44 bits per heavy atom. The molecule has 0 unspecified atom stereocenters. The highest BCUT2D eigenvalue weighted by molar-refractivity contribution is 9.10. The standard InChI is InChI=1S/C13H18BrNO3/c1-13(2,15(3)4)8-18-11-6-5-9(14)7-10(11)12(16)17/h5-7H,8H2,1-4H3,(H,16,17). The van der Waals surface area contributed by atoms with Crippen molar-refractivity contribution >= 4 is 21.9 Å². The van der Waals surface area contributed by atoms with Gasteiger partial charge in [-0.15, -0.1) is 0 Å². The van der Waals surface area contributed by atoms with Crippen LogP contribution in [0.3, 0.4) is 0 Å². The summed E-state index contributed by atoms with van der Waals surface area (Å²) in [5.74, 6) is -0.602. The van der Waals surface area contributed by atoms with Gasteiger partial charge in [-0.2, -0.15) is 0 Å². The van der Waals surface area contributed by atoms with Crippen molar-refractivity contribution < 1.29 is 14.6 Å². The van der Waals surface area contributed by atoms with Gasteiger partial charge in [0.25, 0.3) is 0 Å². The molecule has 0 atom stereocenters. The molecule has 0 heterocycles. The van der Waals surface area contributed by atoms with Crippen molar-refractivity contribution in [2.75, 3.05) is 20.7 Å². The summed E-state index contributed by atoms with van der Waals surface area (Å²) in [6.07, 6.45) is 0. The molecule has 18 heavy (non-hydrogen) atoms. The van der Waals surface area contributed by atoms with E-state index in [0.29, 0.717) is 12.4 Å². The molecule has 0 aromatic heterocycles. The van der Waals surface area contributed by atoms with Crippen LogP contribution in [-0.2, 0) is 0 Å².